The van der Waals surface area contributed by atoms with E-state index in [0.29, 0.717) is 32.9 Å². The second kappa shape index (κ2) is 6.90. The largest absolute Gasteiger partial charge is 0.345 e. The summed E-state index contributed by atoms with van der Waals surface area (Å²) in [6.45, 7) is 0. The Morgan fingerprint density at radius 3 is 2.64 bits per heavy atom. The monoisotopic (exact) mass is 394 g/mol. The third kappa shape index (κ3) is 3.25. The fourth-order valence-electron chi connectivity index (χ4n) is 2.78. The number of benzene rings is 1. The highest BCUT2D eigenvalue weighted by atomic mass is 35.5. The van der Waals surface area contributed by atoms with Crippen molar-refractivity contribution in [2.24, 2.45) is 0 Å². The number of rotatable bonds is 3. The maximum atomic E-state index is 12.4. The predicted molar refractivity (Wildman–Crippen MR) is 106 cm³/mol. The lowest BCUT2D eigenvalue weighted by atomic mass is 10.1. The van der Waals surface area contributed by atoms with E-state index in [4.69, 9.17) is 11.6 Å². The Bertz CT molecular complexity index is 1240. The number of hydrogen-bond acceptors (Lipinski definition) is 5. The Balaban J connectivity index is 1.70. The van der Waals surface area contributed by atoms with Crippen LogP contribution in [0.4, 0.5) is 0 Å². The number of fused-ring (bicyclic) bond motifs is 1. The van der Waals surface area contributed by atoms with Crippen LogP contribution >= 0.6 is 11.6 Å². The Hall–Kier alpha value is -3.52. The molecule has 0 aliphatic carbocycles. The van der Waals surface area contributed by atoms with Crippen molar-refractivity contribution in [1.29, 1.82) is 0 Å². The van der Waals surface area contributed by atoms with E-state index < -0.39 is 0 Å². The normalized spacial score (nSPS) is 11.0. The first-order valence-corrected chi connectivity index (χ1v) is 8.73. The molecule has 0 aliphatic heterocycles. The molecular weight excluding hydrogens is 380 g/mol. The van der Waals surface area contributed by atoms with Gasteiger partial charge >= 0.3 is 0 Å². The van der Waals surface area contributed by atoms with Gasteiger partial charge in [0.15, 0.2) is 0 Å². The Morgan fingerprint density at radius 1 is 1.18 bits per heavy atom. The van der Waals surface area contributed by atoms with E-state index in [9.17, 15) is 9.59 Å². The molecule has 0 saturated carbocycles. The molecule has 140 valence electrons. The number of halogens is 1. The molecule has 1 amide bonds. The van der Waals surface area contributed by atoms with Crippen molar-refractivity contribution in [3.05, 3.63) is 69.7 Å². The molecule has 0 spiro atoms. The highest BCUT2D eigenvalue weighted by Gasteiger charge is 2.12. The minimum atomic E-state index is -0.318. The van der Waals surface area contributed by atoms with Gasteiger partial charge in [-0.05, 0) is 36.4 Å². The lowest BCUT2D eigenvalue weighted by molar-refractivity contribution is 0.0827. The third-order valence-corrected chi connectivity index (χ3v) is 4.42. The summed E-state index contributed by atoms with van der Waals surface area (Å²) < 4.78 is 1.54. The van der Waals surface area contributed by atoms with E-state index in [-0.39, 0.29) is 11.5 Å². The van der Waals surface area contributed by atoms with E-state index in [2.05, 4.69) is 20.3 Å². The van der Waals surface area contributed by atoms with Crippen molar-refractivity contribution in [2.45, 2.75) is 0 Å². The number of aromatic nitrogens is 5. The summed E-state index contributed by atoms with van der Waals surface area (Å²) in [6, 6.07) is 10.4. The topological polar surface area (TPSA) is 96.8 Å². The van der Waals surface area contributed by atoms with Gasteiger partial charge in [0.2, 0.25) is 0 Å². The molecule has 3 heterocycles. The SMILES string of the molecule is CN(C)C(=O)c1ccc(-n2cc(-c3cc4cc(Cl)cnc4[nH]c3=O)nn2)cc1. The summed E-state index contributed by atoms with van der Waals surface area (Å²) in [7, 11) is 3.40. The van der Waals surface area contributed by atoms with E-state index in [0.717, 1.165) is 5.69 Å². The average molecular weight is 395 g/mol. The summed E-state index contributed by atoms with van der Waals surface area (Å²) in [5.74, 6) is -0.0826. The van der Waals surface area contributed by atoms with Crippen LogP contribution < -0.4 is 5.56 Å². The van der Waals surface area contributed by atoms with Crippen molar-refractivity contribution in [3.63, 3.8) is 0 Å². The smallest absolute Gasteiger partial charge is 0.259 e. The zero-order valence-corrected chi connectivity index (χ0v) is 15.8. The maximum absolute atomic E-state index is 12.4. The lowest BCUT2D eigenvalue weighted by Gasteiger charge is -2.10. The molecule has 3 aromatic heterocycles. The fourth-order valence-corrected chi connectivity index (χ4v) is 2.95. The zero-order valence-electron chi connectivity index (χ0n) is 15.0. The van der Waals surface area contributed by atoms with Gasteiger partial charge in [-0.3, -0.25) is 9.59 Å². The quantitative estimate of drug-likeness (QED) is 0.576. The number of nitrogens with one attached hydrogen (secondary N) is 1. The molecule has 0 aliphatic rings. The van der Waals surface area contributed by atoms with Crippen LogP contribution in [-0.4, -0.2) is 49.9 Å². The standard InChI is InChI=1S/C19H15ClN6O2/c1-25(2)19(28)11-3-5-14(6-4-11)26-10-16(23-24-26)15-8-12-7-13(20)9-21-17(12)22-18(15)27/h3-10H,1-2H3,(H,21,22,27). The second-order valence-corrected chi connectivity index (χ2v) is 6.83. The first kappa shape index (κ1) is 17.9. The van der Waals surface area contributed by atoms with Crippen molar-refractivity contribution >= 4 is 28.5 Å². The van der Waals surface area contributed by atoms with E-state index in [1.807, 2.05) is 0 Å². The van der Waals surface area contributed by atoms with Crippen LogP contribution in [0.5, 0.6) is 0 Å². The number of carbonyl (C=O) groups is 1. The molecule has 0 radical (unpaired) electrons. The number of amides is 1. The van der Waals surface area contributed by atoms with E-state index in [1.165, 1.54) is 11.1 Å². The number of hydrogen-bond donors (Lipinski definition) is 1. The number of pyridine rings is 2. The van der Waals surface area contributed by atoms with Crippen molar-refractivity contribution in [3.8, 4) is 16.9 Å². The molecule has 0 unspecified atom stereocenters. The predicted octanol–water partition coefficient (Wildman–Crippen LogP) is 2.53. The van der Waals surface area contributed by atoms with Gasteiger partial charge in [-0.1, -0.05) is 16.8 Å². The fraction of sp³-hybridized carbons (Fsp3) is 0.105. The lowest BCUT2D eigenvalue weighted by Crippen LogP contribution is -2.21. The minimum absolute atomic E-state index is 0.0826. The molecule has 0 bridgehead atoms. The van der Waals surface area contributed by atoms with Crippen LogP contribution in [0, 0.1) is 0 Å². The third-order valence-electron chi connectivity index (χ3n) is 4.21. The molecule has 0 fully saturated rings. The molecule has 1 aromatic carbocycles. The average Bonchev–Trinajstić information content (AvgIpc) is 3.17. The van der Waals surface area contributed by atoms with Gasteiger partial charge in [-0.2, -0.15) is 0 Å². The zero-order chi connectivity index (χ0) is 19.8. The van der Waals surface area contributed by atoms with Crippen molar-refractivity contribution < 1.29 is 4.79 Å². The molecule has 0 saturated heterocycles. The van der Waals surface area contributed by atoms with Crippen LogP contribution in [0.3, 0.4) is 0 Å². The van der Waals surface area contributed by atoms with Crippen LogP contribution in [0.25, 0.3) is 28.0 Å². The summed E-state index contributed by atoms with van der Waals surface area (Å²) in [6.07, 6.45) is 3.12. The Labute approximate surface area is 164 Å². The molecule has 0 atom stereocenters. The van der Waals surface area contributed by atoms with Gasteiger partial charge in [0.05, 0.1) is 22.5 Å². The molecule has 4 rings (SSSR count). The molecular formula is C19H15ClN6O2. The summed E-state index contributed by atoms with van der Waals surface area (Å²) in [4.78, 5) is 32.7. The van der Waals surface area contributed by atoms with Crippen LogP contribution in [0.1, 0.15) is 10.4 Å². The number of H-pyrrole nitrogens is 1. The van der Waals surface area contributed by atoms with Gasteiger partial charge in [0.25, 0.3) is 11.5 Å². The van der Waals surface area contributed by atoms with Gasteiger partial charge in [-0.15, -0.1) is 5.10 Å². The highest BCUT2D eigenvalue weighted by molar-refractivity contribution is 6.31. The van der Waals surface area contributed by atoms with E-state index in [1.54, 1.807) is 61.4 Å². The summed E-state index contributed by atoms with van der Waals surface area (Å²) >= 11 is 5.98. The van der Waals surface area contributed by atoms with Crippen LogP contribution in [-0.2, 0) is 0 Å². The first-order valence-electron chi connectivity index (χ1n) is 8.36. The van der Waals surface area contributed by atoms with Crippen molar-refractivity contribution in [1.82, 2.24) is 29.9 Å². The van der Waals surface area contributed by atoms with Crippen molar-refractivity contribution in [2.75, 3.05) is 14.1 Å². The Kier molecular flexibility index (Phi) is 4.40. The molecule has 1 N–H and O–H groups in total. The molecule has 4 aromatic rings. The Morgan fingerprint density at radius 2 is 1.93 bits per heavy atom. The molecule has 9 heteroatoms. The number of carbonyl (C=O) groups excluding carboxylic acids is 1. The van der Waals surface area contributed by atoms with E-state index >= 15 is 0 Å². The van der Waals surface area contributed by atoms with Gasteiger partial charge in [0, 0.05) is 31.2 Å². The molecule has 8 nitrogen and oxygen atoms in total. The summed E-state index contributed by atoms with van der Waals surface area (Å²) in [5.41, 5.74) is 2.20. The van der Waals surface area contributed by atoms with Crippen LogP contribution in [0.15, 0.2) is 53.6 Å². The first-order chi connectivity index (χ1) is 13.4. The number of aromatic amines is 1. The van der Waals surface area contributed by atoms with Gasteiger partial charge in [-0.25, -0.2) is 9.67 Å². The molecule has 28 heavy (non-hydrogen) atoms. The minimum Gasteiger partial charge on any atom is -0.345 e. The maximum Gasteiger partial charge on any atom is 0.259 e. The second-order valence-electron chi connectivity index (χ2n) is 6.40. The van der Waals surface area contributed by atoms with Gasteiger partial charge < -0.3 is 9.88 Å². The van der Waals surface area contributed by atoms with Gasteiger partial charge in [0.1, 0.15) is 11.3 Å². The summed E-state index contributed by atoms with van der Waals surface area (Å²) in [5, 5.41) is 9.36. The highest BCUT2D eigenvalue weighted by Crippen LogP contribution is 2.20. The van der Waals surface area contributed by atoms with Crippen LogP contribution in [0.2, 0.25) is 5.02 Å². The number of nitrogens with zero attached hydrogens (tertiary/aromatic N) is 5.